The number of aryl methyl sites for hydroxylation is 1. The van der Waals surface area contributed by atoms with Crippen molar-refractivity contribution in [3.63, 3.8) is 0 Å². The molecule has 0 aromatic carbocycles. The molecule has 0 bridgehead atoms. The molecule has 1 fully saturated rings. The predicted octanol–water partition coefficient (Wildman–Crippen LogP) is 1.85. The van der Waals surface area contributed by atoms with E-state index < -0.39 is 0 Å². The molecule has 2 atom stereocenters. The van der Waals surface area contributed by atoms with Gasteiger partial charge in [0.05, 0.1) is 4.92 Å². The Morgan fingerprint density at radius 3 is 2.60 bits per heavy atom. The first kappa shape index (κ1) is 14.8. The largest absolute Gasteiger partial charge is 0.349 e. The summed E-state index contributed by atoms with van der Waals surface area (Å²) in [4.78, 5) is 13.1. The number of nitrogens with two attached hydrogens (primary N) is 1. The first-order valence-corrected chi connectivity index (χ1v) is 7.05. The Bertz CT molecular complexity index is 501. The molecule has 7 heteroatoms. The van der Waals surface area contributed by atoms with Crippen molar-refractivity contribution in [2.75, 3.05) is 18.0 Å². The number of rotatable bonds is 3. The lowest BCUT2D eigenvalue weighted by atomic mass is 9.96. The molecule has 1 aliphatic heterocycles. The molecule has 2 heterocycles. The lowest BCUT2D eigenvalue weighted by Crippen LogP contribution is -2.47. The fourth-order valence-electron chi connectivity index (χ4n) is 2.97. The minimum atomic E-state index is -0.332. The van der Waals surface area contributed by atoms with Crippen LogP contribution in [0.5, 0.6) is 0 Å². The molecule has 0 saturated carbocycles. The van der Waals surface area contributed by atoms with Crippen LogP contribution in [0.2, 0.25) is 0 Å². The third kappa shape index (κ3) is 2.63. The van der Waals surface area contributed by atoms with Gasteiger partial charge in [0.15, 0.2) is 0 Å². The summed E-state index contributed by atoms with van der Waals surface area (Å²) in [6, 6.07) is 0.125. The lowest BCUT2D eigenvalue weighted by molar-refractivity contribution is -0.384. The number of hydrogen-bond donors (Lipinski definition) is 1. The van der Waals surface area contributed by atoms with Crippen LogP contribution in [-0.2, 0) is 0 Å². The van der Waals surface area contributed by atoms with Crippen molar-refractivity contribution in [2.45, 2.75) is 46.2 Å². The second-order valence-electron chi connectivity index (χ2n) is 6.06. The third-order valence-electron chi connectivity index (χ3n) is 3.69. The summed E-state index contributed by atoms with van der Waals surface area (Å²) in [7, 11) is 0. The van der Waals surface area contributed by atoms with Crippen LogP contribution >= 0.6 is 0 Å². The number of nitrogens with zero attached hydrogens (tertiary/aromatic N) is 4. The van der Waals surface area contributed by atoms with Gasteiger partial charge in [-0.1, -0.05) is 6.92 Å². The van der Waals surface area contributed by atoms with E-state index in [1.165, 1.54) is 0 Å². The van der Waals surface area contributed by atoms with Gasteiger partial charge in [-0.05, 0) is 33.1 Å². The van der Waals surface area contributed by atoms with Crippen LogP contribution in [0.15, 0.2) is 0 Å². The molecule has 2 rings (SSSR count). The standard InChI is InChI=1S/C13H23N5O2/c1-8(2)17-13(12(18(19)20)10(4)15-17)16-6-9(3)5-11(14)7-16/h8-9,11H,5-7,14H2,1-4H3. The average molecular weight is 281 g/mol. The van der Waals surface area contributed by atoms with Crippen LogP contribution in [-0.4, -0.2) is 33.8 Å². The highest BCUT2D eigenvalue weighted by atomic mass is 16.6. The van der Waals surface area contributed by atoms with Gasteiger partial charge in [-0.25, -0.2) is 4.68 Å². The second kappa shape index (κ2) is 5.40. The fraction of sp³-hybridized carbons (Fsp3) is 0.769. The normalized spacial score (nSPS) is 23.4. The van der Waals surface area contributed by atoms with Crippen LogP contribution in [0.25, 0.3) is 0 Å². The van der Waals surface area contributed by atoms with Crippen LogP contribution in [0.4, 0.5) is 11.5 Å². The highest BCUT2D eigenvalue weighted by Gasteiger charge is 2.34. The minimum Gasteiger partial charge on any atom is -0.349 e. The molecule has 0 spiro atoms. The molecule has 7 nitrogen and oxygen atoms in total. The second-order valence-corrected chi connectivity index (χ2v) is 6.06. The number of nitro groups is 1. The smallest absolute Gasteiger partial charge is 0.333 e. The van der Waals surface area contributed by atoms with Crippen LogP contribution < -0.4 is 10.6 Å². The van der Waals surface area contributed by atoms with Gasteiger partial charge in [0, 0.05) is 25.2 Å². The third-order valence-corrected chi connectivity index (χ3v) is 3.69. The number of anilines is 1. The van der Waals surface area contributed by atoms with Crippen LogP contribution in [0.1, 0.15) is 38.9 Å². The van der Waals surface area contributed by atoms with E-state index >= 15 is 0 Å². The van der Waals surface area contributed by atoms with Crippen LogP contribution in [0, 0.1) is 23.0 Å². The van der Waals surface area contributed by atoms with Crippen molar-refractivity contribution in [1.82, 2.24) is 9.78 Å². The Morgan fingerprint density at radius 1 is 1.45 bits per heavy atom. The first-order valence-electron chi connectivity index (χ1n) is 7.05. The summed E-state index contributed by atoms with van der Waals surface area (Å²) in [5, 5.41) is 15.7. The van der Waals surface area contributed by atoms with Crippen LogP contribution in [0.3, 0.4) is 0 Å². The summed E-state index contributed by atoms with van der Waals surface area (Å²) in [6.07, 6.45) is 0.957. The minimum absolute atomic E-state index is 0.0502. The van der Waals surface area contributed by atoms with E-state index in [9.17, 15) is 10.1 Å². The molecule has 112 valence electrons. The molecule has 0 radical (unpaired) electrons. The molecular weight excluding hydrogens is 258 g/mol. The number of aromatic nitrogens is 2. The lowest BCUT2D eigenvalue weighted by Gasteiger charge is -2.36. The zero-order chi connectivity index (χ0) is 15.0. The van der Waals surface area contributed by atoms with E-state index in [4.69, 9.17) is 5.73 Å². The molecule has 2 N–H and O–H groups in total. The Labute approximate surface area is 118 Å². The summed E-state index contributed by atoms with van der Waals surface area (Å²) in [5.74, 6) is 1.03. The summed E-state index contributed by atoms with van der Waals surface area (Å²) in [5.41, 5.74) is 6.65. The maximum Gasteiger partial charge on any atom is 0.333 e. The van der Waals surface area contributed by atoms with Gasteiger partial charge < -0.3 is 10.6 Å². The van der Waals surface area contributed by atoms with E-state index in [0.717, 1.165) is 13.0 Å². The quantitative estimate of drug-likeness (QED) is 0.674. The monoisotopic (exact) mass is 281 g/mol. The molecule has 1 aromatic heterocycles. The Morgan fingerprint density at radius 2 is 2.10 bits per heavy atom. The van der Waals surface area contributed by atoms with E-state index in [1.807, 2.05) is 18.7 Å². The molecule has 1 aliphatic rings. The van der Waals surface area contributed by atoms with Crippen molar-refractivity contribution < 1.29 is 4.92 Å². The molecule has 0 amide bonds. The Hall–Kier alpha value is -1.63. The molecule has 1 saturated heterocycles. The van der Waals surface area contributed by atoms with E-state index in [1.54, 1.807) is 11.6 Å². The van der Waals surface area contributed by atoms with Gasteiger partial charge in [-0.3, -0.25) is 10.1 Å². The zero-order valence-electron chi connectivity index (χ0n) is 12.5. The molecule has 0 aliphatic carbocycles. The topological polar surface area (TPSA) is 90.2 Å². The summed E-state index contributed by atoms with van der Waals surface area (Å²) in [6.45, 7) is 9.20. The Kier molecular flexibility index (Phi) is 3.99. The maximum absolute atomic E-state index is 11.4. The van der Waals surface area contributed by atoms with Gasteiger partial charge in [-0.2, -0.15) is 5.10 Å². The first-order chi connectivity index (χ1) is 9.31. The number of piperidine rings is 1. The van der Waals surface area contributed by atoms with Crippen molar-refractivity contribution in [2.24, 2.45) is 11.7 Å². The molecular formula is C13H23N5O2. The van der Waals surface area contributed by atoms with Crippen molar-refractivity contribution in [1.29, 1.82) is 0 Å². The van der Waals surface area contributed by atoms with E-state index in [2.05, 4.69) is 12.0 Å². The molecule has 20 heavy (non-hydrogen) atoms. The summed E-state index contributed by atoms with van der Waals surface area (Å²) < 4.78 is 1.75. The van der Waals surface area contributed by atoms with Gasteiger partial charge in [0.25, 0.3) is 0 Å². The highest BCUT2D eigenvalue weighted by molar-refractivity contribution is 5.62. The van der Waals surface area contributed by atoms with Crippen molar-refractivity contribution in [3.05, 3.63) is 15.8 Å². The van der Waals surface area contributed by atoms with Gasteiger partial charge in [-0.15, -0.1) is 0 Å². The van der Waals surface area contributed by atoms with E-state index in [-0.39, 0.29) is 22.7 Å². The average Bonchev–Trinajstić information content (AvgIpc) is 2.65. The van der Waals surface area contributed by atoms with Crippen molar-refractivity contribution in [3.8, 4) is 0 Å². The summed E-state index contributed by atoms with van der Waals surface area (Å²) >= 11 is 0. The van der Waals surface area contributed by atoms with Crippen molar-refractivity contribution >= 4 is 11.5 Å². The van der Waals surface area contributed by atoms with E-state index in [0.29, 0.717) is 24.0 Å². The number of hydrogen-bond acceptors (Lipinski definition) is 5. The highest BCUT2D eigenvalue weighted by Crippen LogP contribution is 2.35. The van der Waals surface area contributed by atoms with Gasteiger partial charge >= 0.3 is 5.69 Å². The predicted molar refractivity (Wildman–Crippen MR) is 78.0 cm³/mol. The SMILES string of the molecule is Cc1nn(C(C)C)c(N2CC(C)CC(N)C2)c1[N+](=O)[O-]. The molecule has 2 unspecified atom stereocenters. The fourth-order valence-corrected chi connectivity index (χ4v) is 2.97. The maximum atomic E-state index is 11.4. The Balaban J connectivity index is 2.50. The van der Waals surface area contributed by atoms with Gasteiger partial charge in [0.2, 0.25) is 5.82 Å². The van der Waals surface area contributed by atoms with Gasteiger partial charge in [0.1, 0.15) is 5.69 Å². The molecule has 1 aromatic rings. The zero-order valence-corrected chi connectivity index (χ0v) is 12.5.